The Morgan fingerprint density at radius 2 is 1.71 bits per heavy atom. The molecule has 3 amide bonds. The van der Waals surface area contributed by atoms with Gasteiger partial charge in [-0.1, -0.05) is 50.2 Å². The highest BCUT2D eigenvalue weighted by Gasteiger charge is 2.29. The van der Waals surface area contributed by atoms with Crippen LogP contribution in [0.3, 0.4) is 0 Å². The van der Waals surface area contributed by atoms with Crippen LogP contribution in [0.4, 0.5) is 0 Å². The number of amides is 3. The number of fused-ring (bicyclic) bond motifs is 1. The van der Waals surface area contributed by atoms with Gasteiger partial charge in [0.2, 0.25) is 17.7 Å². The minimum absolute atomic E-state index is 0.00115. The normalized spacial score (nSPS) is 20.1. The van der Waals surface area contributed by atoms with Crippen LogP contribution in [0, 0.1) is 12.8 Å². The molecule has 42 heavy (non-hydrogen) atoms. The van der Waals surface area contributed by atoms with Crippen molar-refractivity contribution in [2.45, 2.75) is 71.6 Å². The first-order chi connectivity index (χ1) is 20.3. The van der Waals surface area contributed by atoms with E-state index in [1.165, 1.54) is 0 Å². The molecule has 1 aliphatic rings. The lowest BCUT2D eigenvalue weighted by molar-refractivity contribution is -0.129. The third kappa shape index (κ3) is 9.20. The highest BCUT2D eigenvalue weighted by atomic mass is 16.2. The third-order valence-electron chi connectivity index (χ3n) is 7.26. The number of nitrogens with one attached hydrogen (secondary N) is 3. The summed E-state index contributed by atoms with van der Waals surface area (Å²) in [7, 11) is 0. The molecule has 2 aromatic heterocycles. The van der Waals surface area contributed by atoms with E-state index in [2.05, 4.69) is 35.9 Å². The van der Waals surface area contributed by atoms with Gasteiger partial charge < -0.3 is 16.0 Å². The summed E-state index contributed by atoms with van der Waals surface area (Å²) in [6.07, 6.45) is 5.62. The Morgan fingerprint density at radius 3 is 2.45 bits per heavy atom. The SMILES string of the molecule is Cc1nc2n(n1)CC(=O)NCCCN(Cc1cccnc1)CCCC(=O)N[C@H](Cc1ccccc1)C(=O)N[C@H]2C(C)C. The number of hydrogen-bond donors (Lipinski definition) is 3. The van der Waals surface area contributed by atoms with E-state index >= 15 is 0 Å². The lowest BCUT2D eigenvalue weighted by Crippen LogP contribution is -2.50. The van der Waals surface area contributed by atoms with Gasteiger partial charge >= 0.3 is 0 Å². The first-order valence-corrected chi connectivity index (χ1v) is 14.7. The van der Waals surface area contributed by atoms with Crippen molar-refractivity contribution >= 4 is 17.7 Å². The van der Waals surface area contributed by atoms with Gasteiger partial charge in [-0.15, -0.1) is 0 Å². The molecule has 1 aromatic carbocycles. The van der Waals surface area contributed by atoms with Crippen LogP contribution >= 0.6 is 0 Å². The van der Waals surface area contributed by atoms with Gasteiger partial charge in [-0.2, -0.15) is 5.10 Å². The molecule has 3 heterocycles. The van der Waals surface area contributed by atoms with Crippen molar-refractivity contribution in [1.82, 2.24) is 40.6 Å². The topological polar surface area (TPSA) is 134 Å². The molecule has 0 bridgehead atoms. The summed E-state index contributed by atoms with van der Waals surface area (Å²) in [5, 5.41) is 13.6. The van der Waals surface area contributed by atoms with Crippen LogP contribution in [0.1, 0.15) is 61.9 Å². The van der Waals surface area contributed by atoms with Gasteiger partial charge in [0.15, 0.2) is 5.82 Å². The van der Waals surface area contributed by atoms with E-state index in [-0.39, 0.29) is 30.2 Å². The Balaban J connectivity index is 1.58. The van der Waals surface area contributed by atoms with E-state index in [0.29, 0.717) is 50.5 Å². The molecular formula is C31H42N8O3. The molecule has 1 aliphatic heterocycles. The van der Waals surface area contributed by atoms with Crippen molar-refractivity contribution in [3.63, 3.8) is 0 Å². The predicted molar refractivity (Wildman–Crippen MR) is 159 cm³/mol. The Hall–Kier alpha value is -4.12. The molecule has 0 unspecified atom stereocenters. The Morgan fingerprint density at radius 1 is 0.952 bits per heavy atom. The monoisotopic (exact) mass is 574 g/mol. The molecule has 11 heteroatoms. The zero-order chi connectivity index (χ0) is 29.9. The van der Waals surface area contributed by atoms with Crippen molar-refractivity contribution in [2.75, 3.05) is 19.6 Å². The molecule has 224 valence electrons. The zero-order valence-corrected chi connectivity index (χ0v) is 24.8. The summed E-state index contributed by atoms with van der Waals surface area (Å²) < 4.78 is 1.57. The molecular weight excluding hydrogens is 532 g/mol. The largest absolute Gasteiger partial charge is 0.354 e. The van der Waals surface area contributed by atoms with Crippen LogP contribution in [0.2, 0.25) is 0 Å². The maximum atomic E-state index is 13.7. The van der Waals surface area contributed by atoms with Gasteiger partial charge in [-0.05, 0) is 49.4 Å². The molecule has 0 saturated heterocycles. The molecule has 0 fully saturated rings. The van der Waals surface area contributed by atoms with E-state index < -0.39 is 12.1 Å². The molecule has 0 spiro atoms. The van der Waals surface area contributed by atoms with Crippen LogP contribution < -0.4 is 16.0 Å². The van der Waals surface area contributed by atoms with Gasteiger partial charge in [0.05, 0.1) is 6.04 Å². The smallest absolute Gasteiger partial charge is 0.243 e. The summed E-state index contributed by atoms with van der Waals surface area (Å²) >= 11 is 0. The molecule has 11 nitrogen and oxygen atoms in total. The van der Waals surface area contributed by atoms with E-state index in [1.54, 1.807) is 17.8 Å². The van der Waals surface area contributed by atoms with Crippen molar-refractivity contribution < 1.29 is 14.4 Å². The van der Waals surface area contributed by atoms with Crippen molar-refractivity contribution in [1.29, 1.82) is 0 Å². The highest BCUT2D eigenvalue weighted by Crippen LogP contribution is 2.21. The van der Waals surface area contributed by atoms with E-state index in [4.69, 9.17) is 0 Å². The maximum absolute atomic E-state index is 13.7. The minimum Gasteiger partial charge on any atom is -0.354 e. The maximum Gasteiger partial charge on any atom is 0.243 e. The molecule has 3 N–H and O–H groups in total. The lowest BCUT2D eigenvalue weighted by Gasteiger charge is -2.26. The van der Waals surface area contributed by atoms with Crippen molar-refractivity contribution in [2.24, 2.45) is 5.92 Å². The van der Waals surface area contributed by atoms with Gasteiger partial charge in [-0.3, -0.25) is 24.3 Å². The number of carbonyl (C=O) groups is 3. The minimum atomic E-state index is -0.771. The van der Waals surface area contributed by atoms with Gasteiger partial charge in [-0.25, -0.2) is 9.67 Å². The molecule has 4 rings (SSSR count). The standard InChI is InChI=1S/C31H42N8O3/c1-22(2)29-30-34-23(3)37-39(30)21-28(41)33-15-9-17-38(20-25-12-7-14-32-19-25)16-8-13-27(40)35-26(31(42)36-29)18-24-10-5-4-6-11-24/h4-7,10-12,14,19,22,26,29H,8-9,13,15-18,20-21H2,1-3H3,(H,33,41)(H,35,40)(H,36,42)/t26-,29+/m1/s1. The van der Waals surface area contributed by atoms with Crippen LogP contribution in [0.5, 0.6) is 0 Å². The van der Waals surface area contributed by atoms with Crippen molar-refractivity contribution in [3.8, 4) is 0 Å². The van der Waals surface area contributed by atoms with E-state index in [9.17, 15) is 14.4 Å². The Kier molecular flexibility index (Phi) is 11.2. The van der Waals surface area contributed by atoms with Crippen LogP contribution in [0.15, 0.2) is 54.9 Å². The second-order valence-corrected chi connectivity index (χ2v) is 11.2. The number of aromatic nitrogens is 4. The average Bonchev–Trinajstić information content (AvgIpc) is 3.32. The van der Waals surface area contributed by atoms with Gasteiger partial charge in [0.1, 0.15) is 18.4 Å². The lowest BCUT2D eigenvalue weighted by atomic mass is 10.0. The first-order valence-electron chi connectivity index (χ1n) is 14.7. The van der Waals surface area contributed by atoms with E-state index in [1.807, 2.05) is 62.5 Å². The van der Waals surface area contributed by atoms with Crippen LogP contribution in [0.25, 0.3) is 0 Å². The summed E-state index contributed by atoms with van der Waals surface area (Å²) in [5.41, 5.74) is 2.03. The summed E-state index contributed by atoms with van der Waals surface area (Å²) in [6.45, 7) is 8.38. The molecule has 0 saturated carbocycles. The molecule has 2 atom stereocenters. The number of nitrogens with zero attached hydrogens (tertiary/aromatic N) is 5. The first kappa shape index (κ1) is 30.8. The fourth-order valence-electron chi connectivity index (χ4n) is 5.13. The van der Waals surface area contributed by atoms with Gasteiger partial charge in [0, 0.05) is 44.9 Å². The molecule has 0 radical (unpaired) electrons. The summed E-state index contributed by atoms with van der Waals surface area (Å²) in [6, 6.07) is 12.3. The number of carbonyl (C=O) groups excluding carboxylic acids is 3. The van der Waals surface area contributed by atoms with Crippen LogP contribution in [-0.2, 0) is 33.9 Å². The second-order valence-electron chi connectivity index (χ2n) is 11.2. The highest BCUT2D eigenvalue weighted by molar-refractivity contribution is 5.88. The summed E-state index contributed by atoms with van der Waals surface area (Å²) in [4.78, 5) is 50.8. The van der Waals surface area contributed by atoms with E-state index in [0.717, 1.165) is 24.1 Å². The number of benzene rings is 1. The number of aryl methyl sites for hydroxylation is 1. The quantitative estimate of drug-likeness (QED) is 0.426. The molecule has 3 aromatic rings. The fraction of sp³-hybridized carbons (Fsp3) is 0.484. The fourth-order valence-corrected chi connectivity index (χ4v) is 5.13. The van der Waals surface area contributed by atoms with Crippen LogP contribution in [-0.4, -0.2) is 68.0 Å². The van der Waals surface area contributed by atoms with Crippen molar-refractivity contribution in [3.05, 3.63) is 77.6 Å². The van der Waals surface area contributed by atoms with Gasteiger partial charge in [0.25, 0.3) is 0 Å². The Labute approximate surface area is 247 Å². The second kappa shape index (κ2) is 15.2. The third-order valence-corrected chi connectivity index (χ3v) is 7.26. The number of hydrogen-bond acceptors (Lipinski definition) is 7. The number of rotatable bonds is 5. The summed E-state index contributed by atoms with van der Waals surface area (Å²) in [5.74, 6) is 0.360. The predicted octanol–water partition coefficient (Wildman–Crippen LogP) is 2.32. The average molecular weight is 575 g/mol. The zero-order valence-electron chi connectivity index (χ0n) is 24.8. The number of pyridine rings is 1. The Bertz CT molecular complexity index is 1310. The molecule has 0 aliphatic carbocycles.